The Morgan fingerprint density at radius 1 is 1.20 bits per heavy atom. The molecule has 1 aromatic carbocycles. The van der Waals surface area contributed by atoms with Gasteiger partial charge in [0.25, 0.3) is 11.8 Å². The van der Waals surface area contributed by atoms with Crippen molar-refractivity contribution in [3.8, 4) is 0 Å². The number of carbonyl (C=O) groups is 3. The lowest BCUT2D eigenvalue weighted by Crippen LogP contribution is -2.30. The maximum absolute atomic E-state index is 12.1. The molecular weight excluding hydrogens is 340 g/mol. The highest BCUT2D eigenvalue weighted by Crippen LogP contribution is 2.23. The molecule has 1 aromatic heterocycles. The number of nitrogens with two attached hydrogens (primary N) is 1. The van der Waals surface area contributed by atoms with Crippen LogP contribution in [0.15, 0.2) is 29.6 Å². The molecule has 6 nitrogen and oxygen atoms in total. The second kappa shape index (κ2) is 7.94. The Kier molecular flexibility index (Phi) is 5.93. The number of anilines is 1. The summed E-state index contributed by atoms with van der Waals surface area (Å²) in [5.74, 6) is -1.64. The third-order valence-electron chi connectivity index (χ3n) is 3.76. The molecule has 0 unspecified atom stereocenters. The summed E-state index contributed by atoms with van der Waals surface area (Å²) < 4.78 is 5.17. The first-order chi connectivity index (χ1) is 11.8. The van der Waals surface area contributed by atoms with Crippen LogP contribution in [0.3, 0.4) is 0 Å². The average molecular weight is 360 g/mol. The van der Waals surface area contributed by atoms with E-state index in [9.17, 15) is 14.4 Å². The zero-order valence-electron chi connectivity index (χ0n) is 14.3. The molecule has 0 aliphatic heterocycles. The van der Waals surface area contributed by atoms with Gasteiger partial charge in [-0.15, -0.1) is 11.3 Å². The van der Waals surface area contributed by atoms with E-state index >= 15 is 0 Å². The molecule has 1 atom stereocenters. The fourth-order valence-corrected chi connectivity index (χ4v) is 2.98. The van der Waals surface area contributed by atoms with Crippen molar-refractivity contribution < 1.29 is 19.1 Å². The summed E-state index contributed by atoms with van der Waals surface area (Å²) in [6, 6.07) is 7.25. The number of primary amides is 1. The van der Waals surface area contributed by atoms with Crippen LogP contribution in [0.5, 0.6) is 0 Å². The molecule has 7 heteroatoms. The second-order valence-electron chi connectivity index (χ2n) is 5.74. The van der Waals surface area contributed by atoms with Gasteiger partial charge in [0.05, 0.1) is 12.0 Å². The van der Waals surface area contributed by atoms with Gasteiger partial charge < -0.3 is 15.8 Å². The van der Waals surface area contributed by atoms with E-state index in [0.29, 0.717) is 5.00 Å². The van der Waals surface area contributed by atoms with E-state index in [0.717, 1.165) is 16.7 Å². The molecule has 25 heavy (non-hydrogen) atoms. The minimum absolute atomic E-state index is 0.0876. The SMILES string of the molecule is Cc1ccc(CC(=O)O[C@H](C)C(=O)Nc2sccc2C(N)=O)cc1C. The van der Waals surface area contributed by atoms with Crippen LogP contribution in [0.1, 0.15) is 34.0 Å². The largest absolute Gasteiger partial charge is 0.452 e. The Morgan fingerprint density at radius 3 is 2.56 bits per heavy atom. The normalized spacial score (nSPS) is 11.6. The van der Waals surface area contributed by atoms with Crippen molar-refractivity contribution in [1.29, 1.82) is 0 Å². The van der Waals surface area contributed by atoms with Crippen LogP contribution in [0.25, 0.3) is 0 Å². The van der Waals surface area contributed by atoms with Crippen LogP contribution >= 0.6 is 11.3 Å². The molecule has 0 bridgehead atoms. The summed E-state index contributed by atoms with van der Waals surface area (Å²) in [6.45, 7) is 5.44. The molecule has 2 rings (SSSR count). The molecule has 2 amide bonds. The summed E-state index contributed by atoms with van der Waals surface area (Å²) in [4.78, 5) is 35.4. The second-order valence-corrected chi connectivity index (χ2v) is 6.66. The number of carbonyl (C=O) groups excluding carboxylic acids is 3. The summed E-state index contributed by atoms with van der Waals surface area (Å²) in [7, 11) is 0. The van der Waals surface area contributed by atoms with Crippen LogP contribution in [0.4, 0.5) is 5.00 Å². The molecule has 132 valence electrons. The summed E-state index contributed by atoms with van der Waals surface area (Å²) >= 11 is 1.17. The number of aryl methyl sites for hydroxylation is 2. The van der Waals surface area contributed by atoms with E-state index in [-0.39, 0.29) is 12.0 Å². The number of benzene rings is 1. The van der Waals surface area contributed by atoms with Gasteiger partial charge >= 0.3 is 5.97 Å². The summed E-state index contributed by atoms with van der Waals surface area (Å²) in [5, 5.41) is 4.55. The van der Waals surface area contributed by atoms with Crippen molar-refractivity contribution in [2.75, 3.05) is 5.32 Å². The van der Waals surface area contributed by atoms with Gasteiger partial charge in [0, 0.05) is 0 Å². The van der Waals surface area contributed by atoms with Gasteiger partial charge in [0.2, 0.25) is 0 Å². The number of hydrogen-bond acceptors (Lipinski definition) is 5. The third kappa shape index (κ3) is 4.90. The van der Waals surface area contributed by atoms with E-state index in [2.05, 4.69) is 5.32 Å². The number of thiophene rings is 1. The van der Waals surface area contributed by atoms with E-state index < -0.39 is 23.9 Å². The van der Waals surface area contributed by atoms with Crippen molar-refractivity contribution in [2.24, 2.45) is 5.73 Å². The molecule has 0 fully saturated rings. The standard InChI is InChI=1S/C18H20N2O4S/c1-10-4-5-13(8-11(10)2)9-15(21)24-12(3)17(23)20-18-14(16(19)22)6-7-25-18/h4-8,12H,9H2,1-3H3,(H2,19,22)(H,20,23)/t12-/m1/s1. The molecular formula is C18H20N2O4S. The Morgan fingerprint density at radius 2 is 1.92 bits per heavy atom. The first-order valence-corrected chi connectivity index (χ1v) is 8.59. The first kappa shape index (κ1) is 18.7. The smallest absolute Gasteiger partial charge is 0.311 e. The van der Waals surface area contributed by atoms with Crippen molar-refractivity contribution in [2.45, 2.75) is 33.3 Å². The fraction of sp³-hybridized carbons (Fsp3) is 0.278. The van der Waals surface area contributed by atoms with Crippen LogP contribution in [0.2, 0.25) is 0 Å². The van der Waals surface area contributed by atoms with Crippen molar-refractivity contribution in [1.82, 2.24) is 0 Å². The van der Waals surface area contributed by atoms with Crippen molar-refractivity contribution >= 4 is 34.1 Å². The lowest BCUT2D eigenvalue weighted by atomic mass is 10.0. The molecule has 0 saturated carbocycles. The van der Waals surface area contributed by atoms with Gasteiger partial charge in [0.15, 0.2) is 6.10 Å². The van der Waals surface area contributed by atoms with Crippen LogP contribution in [0, 0.1) is 13.8 Å². The van der Waals surface area contributed by atoms with Crippen molar-refractivity contribution in [3.05, 3.63) is 51.9 Å². The summed E-state index contributed by atoms with van der Waals surface area (Å²) in [5.41, 5.74) is 8.52. The maximum Gasteiger partial charge on any atom is 0.311 e. The van der Waals surface area contributed by atoms with Gasteiger partial charge in [-0.3, -0.25) is 14.4 Å². The number of amides is 2. The Labute approximate surface area is 150 Å². The fourth-order valence-electron chi connectivity index (χ4n) is 2.19. The highest BCUT2D eigenvalue weighted by Gasteiger charge is 2.20. The highest BCUT2D eigenvalue weighted by molar-refractivity contribution is 7.14. The van der Waals surface area contributed by atoms with E-state index in [1.165, 1.54) is 24.3 Å². The van der Waals surface area contributed by atoms with Crippen molar-refractivity contribution in [3.63, 3.8) is 0 Å². The van der Waals surface area contributed by atoms with Gasteiger partial charge in [-0.25, -0.2) is 0 Å². The minimum atomic E-state index is -0.984. The van der Waals surface area contributed by atoms with Crippen LogP contribution < -0.4 is 11.1 Å². The van der Waals surface area contributed by atoms with Gasteiger partial charge in [-0.05, 0) is 48.9 Å². The molecule has 0 aliphatic rings. The maximum atomic E-state index is 12.1. The van der Waals surface area contributed by atoms with Gasteiger partial charge in [-0.1, -0.05) is 18.2 Å². The zero-order valence-corrected chi connectivity index (χ0v) is 15.1. The molecule has 3 N–H and O–H groups in total. The lowest BCUT2D eigenvalue weighted by molar-refractivity contribution is -0.152. The predicted molar refractivity (Wildman–Crippen MR) is 96.6 cm³/mol. The van der Waals surface area contributed by atoms with Gasteiger partial charge in [0.1, 0.15) is 5.00 Å². The topological polar surface area (TPSA) is 98.5 Å². The molecule has 0 aliphatic carbocycles. The molecule has 1 heterocycles. The van der Waals surface area contributed by atoms with Gasteiger partial charge in [-0.2, -0.15) is 0 Å². The van der Waals surface area contributed by atoms with E-state index in [1.807, 2.05) is 32.0 Å². The first-order valence-electron chi connectivity index (χ1n) is 7.71. The Hall–Kier alpha value is -2.67. The molecule has 0 spiro atoms. The average Bonchev–Trinajstić information content (AvgIpc) is 2.99. The Bertz CT molecular complexity index is 813. The number of ether oxygens (including phenoxy) is 1. The number of hydrogen-bond donors (Lipinski definition) is 2. The summed E-state index contributed by atoms with van der Waals surface area (Å²) in [6.07, 6.45) is -0.897. The monoisotopic (exact) mass is 360 g/mol. The van der Waals surface area contributed by atoms with Crippen LogP contribution in [-0.2, 0) is 20.7 Å². The highest BCUT2D eigenvalue weighted by atomic mass is 32.1. The molecule has 0 saturated heterocycles. The minimum Gasteiger partial charge on any atom is -0.452 e. The number of esters is 1. The molecule has 0 radical (unpaired) electrons. The van der Waals surface area contributed by atoms with E-state index in [1.54, 1.807) is 5.38 Å². The quantitative estimate of drug-likeness (QED) is 0.774. The molecule has 2 aromatic rings. The zero-order chi connectivity index (χ0) is 18.6. The predicted octanol–water partition coefficient (Wildman–Crippen LogP) is 2.58. The van der Waals surface area contributed by atoms with Crippen LogP contribution in [-0.4, -0.2) is 23.9 Å². The Balaban J connectivity index is 1.93. The number of nitrogens with one attached hydrogen (secondary N) is 1. The lowest BCUT2D eigenvalue weighted by Gasteiger charge is -2.13. The third-order valence-corrected chi connectivity index (χ3v) is 4.59. The van der Waals surface area contributed by atoms with E-state index in [4.69, 9.17) is 10.5 Å². The number of rotatable bonds is 6.